The predicted octanol–water partition coefficient (Wildman–Crippen LogP) is -0.551. The van der Waals surface area contributed by atoms with Gasteiger partial charge in [0.05, 0.1) is 26.7 Å². The lowest BCUT2D eigenvalue weighted by molar-refractivity contribution is -0.870. The van der Waals surface area contributed by atoms with Crippen LogP contribution in [0.3, 0.4) is 0 Å². The quantitative estimate of drug-likeness (QED) is 0.389. The minimum absolute atomic E-state index is 0. The maximum Gasteiger partial charge on any atom is 0.338 e. The van der Waals surface area contributed by atoms with Gasteiger partial charge in [-0.25, -0.2) is 4.79 Å². The molecule has 0 bridgehead atoms. The smallest absolute Gasteiger partial charge is 0.338 e. The summed E-state index contributed by atoms with van der Waals surface area (Å²) in [5.74, 6) is -0.250. The van der Waals surface area contributed by atoms with E-state index in [0.717, 1.165) is 21.9 Å². The van der Waals surface area contributed by atoms with Crippen molar-refractivity contribution in [1.29, 1.82) is 0 Å². The summed E-state index contributed by atoms with van der Waals surface area (Å²) in [6.07, 6.45) is 0. The third kappa shape index (κ3) is 6.52. The molecule has 1 aromatic carbocycles. The topological polar surface area (TPSA) is 26.3 Å². The van der Waals surface area contributed by atoms with Crippen LogP contribution in [0.5, 0.6) is 0 Å². The van der Waals surface area contributed by atoms with Crippen LogP contribution in [-0.4, -0.2) is 44.7 Å². The van der Waals surface area contributed by atoms with Gasteiger partial charge >= 0.3 is 5.97 Å². The van der Waals surface area contributed by atoms with Crippen molar-refractivity contribution in [3.63, 3.8) is 0 Å². The van der Waals surface area contributed by atoms with Crippen LogP contribution in [-0.2, 0) is 10.1 Å². The summed E-state index contributed by atoms with van der Waals surface area (Å²) < 4.78 is 6.00. The molecule has 1 aromatic rings. The molecule has 0 unspecified atom stereocenters. The number of quaternary nitrogens is 1. The van der Waals surface area contributed by atoms with Crippen LogP contribution in [0.2, 0.25) is 0 Å². The van der Waals surface area contributed by atoms with Crippen LogP contribution < -0.4 is 17.0 Å². The second-order valence-corrected chi connectivity index (χ2v) is 5.54. The van der Waals surface area contributed by atoms with E-state index in [9.17, 15) is 4.79 Å². The molecule has 3 nitrogen and oxygen atoms in total. The summed E-state index contributed by atoms with van der Waals surface area (Å²) in [5, 5.41) is 0.795. The summed E-state index contributed by atoms with van der Waals surface area (Å²) in [7, 11) is 6.20. The average Bonchev–Trinajstić information content (AvgIpc) is 2.27. The second kappa shape index (κ2) is 7.92. The Kier molecular flexibility index (Phi) is 7.75. The van der Waals surface area contributed by atoms with Crippen LogP contribution in [0, 0.1) is 0 Å². The average molecular weight is 381 g/mol. The maximum atomic E-state index is 11.7. The fourth-order valence-corrected chi connectivity index (χ4v) is 1.60. The zero-order valence-corrected chi connectivity index (χ0v) is 14.1. The molecule has 0 aliphatic heterocycles. The number of ether oxygens (including phenoxy) is 1. The van der Waals surface area contributed by atoms with Gasteiger partial charge in [-0.1, -0.05) is 28.1 Å². The van der Waals surface area contributed by atoms with Crippen molar-refractivity contribution < 1.29 is 31.0 Å². The van der Waals surface area contributed by atoms with E-state index < -0.39 is 0 Å². The van der Waals surface area contributed by atoms with Crippen LogP contribution in [0.4, 0.5) is 0 Å². The van der Waals surface area contributed by atoms with Gasteiger partial charge in [0.2, 0.25) is 0 Å². The first kappa shape index (κ1) is 17.6. The molecule has 0 atom stereocenters. The van der Waals surface area contributed by atoms with Crippen molar-refractivity contribution in [2.45, 2.75) is 5.33 Å². The fraction of sp³-hybridized carbons (Fsp3) is 0.462. The first-order chi connectivity index (χ1) is 7.92. The van der Waals surface area contributed by atoms with Crippen LogP contribution in [0.1, 0.15) is 15.9 Å². The maximum absolute atomic E-state index is 11.7. The van der Waals surface area contributed by atoms with Gasteiger partial charge in [-0.2, -0.15) is 0 Å². The fourth-order valence-electron chi connectivity index (χ4n) is 1.23. The van der Waals surface area contributed by atoms with E-state index in [2.05, 4.69) is 37.1 Å². The second-order valence-electron chi connectivity index (χ2n) is 4.98. The zero-order chi connectivity index (χ0) is 12.9. The Morgan fingerprint density at radius 1 is 1.22 bits per heavy atom. The SMILES string of the molecule is C[N+](C)(C)CCOC(=O)c1ccc(CBr)cc1.[Br-]. The first-order valence-electron chi connectivity index (χ1n) is 5.55. The number of rotatable bonds is 5. The molecule has 0 saturated heterocycles. The molecular weight excluding hydrogens is 362 g/mol. The highest BCUT2D eigenvalue weighted by atomic mass is 79.9. The van der Waals surface area contributed by atoms with Crippen molar-refractivity contribution in [3.05, 3.63) is 35.4 Å². The molecule has 102 valence electrons. The predicted molar refractivity (Wildman–Crippen MR) is 72.3 cm³/mol. The molecule has 0 spiro atoms. The van der Waals surface area contributed by atoms with Crippen molar-refractivity contribution >= 4 is 21.9 Å². The lowest BCUT2D eigenvalue weighted by atomic mass is 10.1. The summed E-state index contributed by atoms with van der Waals surface area (Å²) in [6.45, 7) is 1.26. The molecule has 0 heterocycles. The van der Waals surface area contributed by atoms with Gasteiger partial charge in [0.1, 0.15) is 13.2 Å². The van der Waals surface area contributed by atoms with E-state index in [1.165, 1.54) is 0 Å². The van der Waals surface area contributed by atoms with E-state index in [1.807, 2.05) is 12.1 Å². The molecule has 18 heavy (non-hydrogen) atoms. The third-order valence-corrected chi connectivity index (χ3v) is 2.99. The summed E-state index contributed by atoms with van der Waals surface area (Å²) in [6, 6.07) is 7.44. The molecule has 0 aromatic heterocycles. The highest BCUT2D eigenvalue weighted by Crippen LogP contribution is 2.09. The van der Waals surface area contributed by atoms with Gasteiger partial charge in [0.15, 0.2) is 0 Å². The Hall–Kier alpha value is -0.390. The molecule has 5 heteroatoms. The van der Waals surface area contributed by atoms with Crippen LogP contribution in [0.15, 0.2) is 24.3 Å². The van der Waals surface area contributed by atoms with Gasteiger partial charge in [-0.3, -0.25) is 0 Å². The highest BCUT2D eigenvalue weighted by Gasteiger charge is 2.10. The van der Waals surface area contributed by atoms with E-state index in [0.29, 0.717) is 12.2 Å². The number of alkyl halides is 1. The summed E-state index contributed by atoms with van der Waals surface area (Å²) >= 11 is 3.36. The largest absolute Gasteiger partial charge is 1.00 e. The van der Waals surface area contributed by atoms with Crippen LogP contribution in [0.25, 0.3) is 0 Å². The number of carbonyl (C=O) groups is 1. The van der Waals surface area contributed by atoms with Gasteiger partial charge in [-0.05, 0) is 17.7 Å². The van der Waals surface area contributed by atoms with E-state index in [4.69, 9.17) is 4.74 Å². The van der Waals surface area contributed by atoms with Gasteiger partial charge in [0, 0.05) is 5.33 Å². The number of likely N-dealkylation sites (N-methyl/N-ethyl adjacent to an activating group) is 1. The molecule has 0 amide bonds. The molecular formula is C13H19Br2NO2. The molecule has 0 radical (unpaired) electrons. The first-order valence-corrected chi connectivity index (χ1v) is 6.67. The number of esters is 1. The van der Waals surface area contributed by atoms with Crippen molar-refractivity contribution in [3.8, 4) is 0 Å². The summed E-state index contributed by atoms with van der Waals surface area (Å²) in [4.78, 5) is 11.7. The van der Waals surface area contributed by atoms with Crippen molar-refractivity contribution in [2.75, 3.05) is 34.3 Å². The van der Waals surface area contributed by atoms with E-state index in [1.54, 1.807) is 12.1 Å². The minimum Gasteiger partial charge on any atom is -1.00 e. The lowest BCUT2D eigenvalue weighted by Gasteiger charge is -2.23. The van der Waals surface area contributed by atoms with Crippen molar-refractivity contribution in [2.24, 2.45) is 0 Å². The standard InChI is InChI=1S/C13H19BrNO2.BrH/c1-15(2,3)8-9-17-13(16)12-6-4-11(10-14)5-7-12;/h4-7H,8-10H2,1-3H3;1H/q+1;/p-1. The van der Waals surface area contributed by atoms with Crippen molar-refractivity contribution in [1.82, 2.24) is 0 Å². The Balaban J connectivity index is 0.00000289. The molecule has 0 saturated carbocycles. The number of hydrogen-bond acceptors (Lipinski definition) is 2. The van der Waals surface area contributed by atoms with E-state index in [-0.39, 0.29) is 23.0 Å². The zero-order valence-electron chi connectivity index (χ0n) is 11.0. The number of carbonyl (C=O) groups excluding carboxylic acids is 1. The lowest BCUT2D eigenvalue weighted by Crippen LogP contribution is -3.00. The molecule has 1 rings (SSSR count). The van der Waals surface area contributed by atoms with Crippen LogP contribution >= 0.6 is 15.9 Å². The van der Waals surface area contributed by atoms with Gasteiger partial charge in [-0.15, -0.1) is 0 Å². The van der Waals surface area contributed by atoms with Gasteiger partial charge in [0.25, 0.3) is 0 Å². The Bertz CT molecular complexity index is 372. The number of hydrogen-bond donors (Lipinski definition) is 0. The monoisotopic (exact) mass is 379 g/mol. The third-order valence-electron chi connectivity index (χ3n) is 2.34. The Labute approximate surface area is 128 Å². The molecule has 0 N–H and O–H groups in total. The molecule has 0 aliphatic carbocycles. The molecule has 0 fully saturated rings. The highest BCUT2D eigenvalue weighted by molar-refractivity contribution is 9.08. The normalized spacial score (nSPS) is 10.7. The van der Waals surface area contributed by atoms with Gasteiger partial charge < -0.3 is 26.2 Å². The Morgan fingerprint density at radius 2 is 1.78 bits per heavy atom. The number of halogens is 2. The summed E-state index contributed by atoms with van der Waals surface area (Å²) in [5.41, 5.74) is 1.75. The Morgan fingerprint density at radius 3 is 2.22 bits per heavy atom. The number of nitrogens with zero attached hydrogens (tertiary/aromatic N) is 1. The molecule has 0 aliphatic rings. The number of benzene rings is 1. The minimum atomic E-state index is -0.250. The van der Waals surface area contributed by atoms with E-state index >= 15 is 0 Å².